The molecule has 6 nitrogen and oxygen atoms in total. The summed E-state index contributed by atoms with van der Waals surface area (Å²) in [5.74, 6) is 0.833. The highest BCUT2D eigenvalue weighted by Crippen LogP contribution is 2.14. The number of hydrogen-bond acceptors (Lipinski definition) is 4. The van der Waals surface area contributed by atoms with Gasteiger partial charge in [-0.1, -0.05) is 20.8 Å². The monoisotopic (exact) mass is 260 g/mol. The number of nitro groups is 1. The van der Waals surface area contributed by atoms with Crippen molar-refractivity contribution in [2.24, 2.45) is 11.1 Å². The van der Waals surface area contributed by atoms with E-state index in [0.717, 1.165) is 30.2 Å². The van der Waals surface area contributed by atoms with Crippen molar-refractivity contribution in [2.45, 2.75) is 25.7 Å². The maximum Gasteiger partial charge on any atom is 0.269 e. The predicted octanol–water partition coefficient (Wildman–Crippen LogP) is 1.90. The molecule has 0 aliphatic rings. The first-order valence-corrected chi connectivity index (χ1v) is 6.46. The summed E-state index contributed by atoms with van der Waals surface area (Å²) in [6, 6.07) is 4.35. The Kier molecular flexibility index (Phi) is 5.77. The van der Waals surface area contributed by atoms with Crippen molar-refractivity contribution in [3.8, 4) is 0 Å². The van der Waals surface area contributed by atoms with E-state index < -0.39 is 14.9 Å². The molecule has 0 aromatic heterocycles. The number of primary sulfonamides is 1. The molecule has 0 radical (unpaired) electrons. The third-order valence-corrected chi connectivity index (χ3v) is 2.31. The molecule has 1 aromatic carbocycles. The van der Waals surface area contributed by atoms with Gasteiger partial charge in [0, 0.05) is 12.1 Å². The van der Waals surface area contributed by atoms with Gasteiger partial charge in [-0.2, -0.15) is 0 Å². The third-order valence-electron chi connectivity index (χ3n) is 1.38. The van der Waals surface area contributed by atoms with Gasteiger partial charge in [0.15, 0.2) is 0 Å². The highest BCUT2D eigenvalue weighted by molar-refractivity contribution is 7.89. The number of nitrogens with two attached hydrogens (primary N) is 1. The van der Waals surface area contributed by atoms with Crippen LogP contribution in [0.15, 0.2) is 29.2 Å². The van der Waals surface area contributed by atoms with Crippen molar-refractivity contribution in [1.29, 1.82) is 0 Å². The molecule has 1 rings (SSSR count). The molecule has 17 heavy (non-hydrogen) atoms. The number of sulfonamides is 1. The molecule has 2 N–H and O–H groups in total. The number of nitrogens with zero attached hydrogens (tertiary/aromatic N) is 1. The molecule has 0 amide bonds. The van der Waals surface area contributed by atoms with Gasteiger partial charge in [-0.3, -0.25) is 10.1 Å². The van der Waals surface area contributed by atoms with Crippen LogP contribution in [0.3, 0.4) is 0 Å². The highest BCUT2D eigenvalue weighted by Gasteiger charge is 2.10. The topological polar surface area (TPSA) is 103 Å². The SMILES string of the molecule is CC(C)C.NS(=O)(=O)c1ccc([N+](=O)[O-])cc1. The van der Waals surface area contributed by atoms with Crippen molar-refractivity contribution < 1.29 is 13.3 Å². The summed E-state index contributed by atoms with van der Waals surface area (Å²) in [4.78, 5) is 9.43. The lowest BCUT2D eigenvalue weighted by Gasteiger charge is -1.95. The van der Waals surface area contributed by atoms with Crippen LogP contribution in [0.25, 0.3) is 0 Å². The van der Waals surface area contributed by atoms with Gasteiger partial charge >= 0.3 is 0 Å². The second-order valence-electron chi connectivity index (χ2n) is 4.03. The number of hydrogen-bond donors (Lipinski definition) is 1. The molecule has 0 unspecified atom stereocenters. The summed E-state index contributed by atoms with van der Waals surface area (Å²) < 4.78 is 21.4. The molecule has 0 spiro atoms. The summed E-state index contributed by atoms with van der Waals surface area (Å²) >= 11 is 0. The first kappa shape index (κ1) is 15.5. The van der Waals surface area contributed by atoms with Crippen molar-refractivity contribution in [2.75, 3.05) is 0 Å². The summed E-state index contributed by atoms with van der Waals surface area (Å²) in [6.07, 6.45) is 0. The Morgan fingerprint density at radius 1 is 1.18 bits per heavy atom. The Bertz CT molecular complexity index is 463. The maximum atomic E-state index is 10.7. The van der Waals surface area contributed by atoms with Crippen molar-refractivity contribution >= 4 is 15.7 Å². The van der Waals surface area contributed by atoms with Gasteiger partial charge in [-0.05, 0) is 18.1 Å². The van der Waals surface area contributed by atoms with E-state index in [0.29, 0.717) is 0 Å². The molecule has 1 aromatic rings. The number of nitro benzene ring substituents is 1. The molecule has 0 saturated heterocycles. The molecule has 0 atom stereocenters. The lowest BCUT2D eigenvalue weighted by atomic mass is 10.3. The minimum atomic E-state index is -3.77. The van der Waals surface area contributed by atoms with Crippen LogP contribution in [0.5, 0.6) is 0 Å². The van der Waals surface area contributed by atoms with Gasteiger partial charge in [0.1, 0.15) is 0 Å². The van der Waals surface area contributed by atoms with Crippen LogP contribution in [0.1, 0.15) is 20.8 Å². The van der Waals surface area contributed by atoms with Crippen LogP contribution in [-0.2, 0) is 10.0 Å². The minimum absolute atomic E-state index is 0.141. The van der Waals surface area contributed by atoms with Crippen LogP contribution >= 0.6 is 0 Å². The van der Waals surface area contributed by atoms with E-state index in [2.05, 4.69) is 20.8 Å². The quantitative estimate of drug-likeness (QED) is 0.647. The van der Waals surface area contributed by atoms with Gasteiger partial charge in [0.2, 0.25) is 10.0 Å². The summed E-state index contributed by atoms with van der Waals surface area (Å²) in [5, 5.41) is 15.0. The molecule has 0 saturated carbocycles. The average Bonchev–Trinajstić information content (AvgIpc) is 2.15. The highest BCUT2D eigenvalue weighted by atomic mass is 32.2. The molecule has 7 heteroatoms. The Hall–Kier alpha value is -1.47. The van der Waals surface area contributed by atoms with Gasteiger partial charge in [0.25, 0.3) is 5.69 Å². The second-order valence-corrected chi connectivity index (χ2v) is 5.59. The van der Waals surface area contributed by atoms with Crippen LogP contribution in [0.4, 0.5) is 5.69 Å². The molecular weight excluding hydrogens is 244 g/mol. The molecular formula is C10H16N2O4S. The zero-order valence-electron chi connectivity index (χ0n) is 9.95. The lowest BCUT2D eigenvalue weighted by molar-refractivity contribution is -0.384. The lowest BCUT2D eigenvalue weighted by Crippen LogP contribution is -2.11. The molecule has 0 bridgehead atoms. The molecule has 0 heterocycles. The Morgan fingerprint density at radius 3 is 1.76 bits per heavy atom. The smallest absolute Gasteiger partial charge is 0.258 e. The van der Waals surface area contributed by atoms with Gasteiger partial charge in [0.05, 0.1) is 9.82 Å². The predicted molar refractivity (Wildman–Crippen MR) is 65.0 cm³/mol. The minimum Gasteiger partial charge on any atom is -0.258 e. The molecule has 0 aliphatic carbocycles. The first-order valence-electron chi connectivity index (χ1n) is 4.92. The molecule has 0 aliphatic heterocycles. The fraction of sp³-hybridized carbons (Fsp3) is 0.400. The van der Waals surface area contributed by atoms with Gasteiger partial charge in [-0.25, -0.2) is 13.6 Å². The largest absolute Gasteiger partial charge is 0.269 e. The Labute approximate surface area is 101 Å². The molecule has 0 fully saturated rings. The second kappa shape index (κ2) is 6.31. The number of rotatable bonds is 2. The van der Waals surface area contributed by atoms with E-state index in [1.807, 2.05) is 0 Å². The van der Waals surface area contributed by atoms with Crippen LogP contribution in [-0.4, -0.2) is 13.3 Å². The van der Waals surface area contributed by atoms with E-state index in [9.17, 15) is 18.5 Å². The summed E-state index contributed by atoms with van der Waals surface area (Å²) in [6.45, 7) is 6.50. The molecule has 96 valence electrons. The van der Waals surface area contributed by atoms with E-state index in [1.54, 1.807) is 0 Å². The maximum absolute atomic E-state index is 10.7. The Balaban J connectivity index is 0.000000557. The third kappa shape index (κ3) is 6.64. The van der Waals surface area contributed by atoms with Crippen molar-refractivity contribution in [3.05, 3.63) is 34.4 Å². The fourth-order valence-corrected chi connectivity index (χ4v) is 1.27. The zero-order valence-corrected chi connectivity index (χ0v) is 10.8. The number of non-ortho nitro benzene ring substituents is 1. The standard InChI is InChI=1S/C6H6N2O4S.C4H10/c7-13(11,12)6-3-1-5(2-4-6)8(9)10;1-4(2)3/h1-4H,(H2,7,11,12);4H,1-3H3. The van der Waals surface area contributed by atoms with E-state index in [4.69, 9.17) is 5.14 Å². The van der Waals surface area contributed by atoms with Crippen LogP contribution in [0.2, 0.25) is 0 Å². The van der Waals surface area contributed by atoms with Crippen LogP contribution in [0, 0.1) is 16.0 Å². The summed E-state index contributed by atoms with van der Waals surface area (Å²) in [5.41, 5.74) is -0.174. The van der Waals surface area contributed by atoms with Gasteiger partial charge < -0.3 is 0 Å². The fourth-order valence-electron chi connectivity index (χ4n) is 0.758. The number of benzene rings is 1. The normalized spacial score (nSPS) is 10.6. The van der Waals surface area contributed by atoms with Crippen molar-refractivity contribution in [3.63, 3.8) is 0 Å². The summed E-state index contributed by atoms with van der Waals surface area (Å²) in [7, 11) is -3.77. The Morgan fingerprint density at radius 2 is 1.53 bits per heavy atom. The first-order chi connectivity index (χ1) is 7.64. The average molecular weight is 260 g/mol. The van der Waals surface area contributed by atoms with Gasteiger partial charge in [-0.15, -0.1) is 0 Å². The zero-order chi connectivity index (χ0) is 13.6. The van der Waals surface area contributed by atoms with Crippen molar-refractivity contribution in [1.82, 2.24) is 0 Å². The van der Waals surface area contributed by atoms with E-state index >= 15 is 0 Å². The van der Waals surface area contributed by atoms with E-state index in [-0.39, 0.29) is 10.6 Å². The van der Waals surface area contributed by atoms with Crippen LogP contribution < -0.4 is 5.14 Å². The van der Waals surface area contributed by atoms with E-state index in [1.165, 1.54) is 0 Å².